The highest BCUT2D eigenvalue weighted by atomic mass is 19.4. The molecule has 0 saturated heterocycles. The first-order valence-electron chi connectivity index (χ1n) is 5.68. The number of hydrogen-bond donors (Lipinski definition) is 0. The van der Waals surface area contributed by atoms with Gasteiger partial charge in [-0.15, -0.1) is 0 Å². The Kier molecular flexibility index (Phi) is 3.73. The van der Waals surface area contributed by atoms with Crippen molar-refractivity contribution in [2.24, 2.45) is 0 Å². The first-order valence-corrected chi connectivity index (χ1v) is 5.68. The third-order valence-electron chi connectivity index (χ3n) is 2.39. The molecule has 2 aromatic rings. The molecular formula is C12H10F3N3O2. The molecule has 2 aromatic heterocycles. The molecule has 0 spiro atoms. The number of ether oxygens (including phenoxy) is 1. The highest BCUT2D eigenvalue weighted by molar-refractivity contribution is 5.90. The van der Waals surface area contributed by atoms with Crippen molar-refractivity contribution in [2.45, 2.75) is 13.1 Å². The topological polar surface area (TPSA) is 57.0 Å². The molecule has 8 heteroatoms. The second kappa shape index (κ2) is 5.32. The molecule has 0 atom stereocenters. The third-order valence-corrected chi connectivity index (χ3v) is 2.39. The Morgan fingerprint density at radius 1 is 1.45 bits per heavy atom. The van der Waals surface area contributed by atoms with Crippen LogP contribution in [0.15, 0.2) is 30.7 Å². The molecule has 2 rings (SSSR count). The van der Waals surface area contributed by atoms with Gasteiger partial charge in [0.15, 0.2) is 5.69 Å². The van der Waals surface area contributed by atoms with Crippen LogP contribution >= 0.6 is 0 Å². The van der Waals surface area contributed by atoms with E-state index in [1.807, 2.05) is 0 Å². The fraction of sp³-hybridized carbons (Fsp3) is 0.250. The van der Waals surface area contributed by atoms with E-state index in [1.165, 1.54) is 25.4 Å². The number of nitrogens with zero attached hydrogens (tertiary/aromatic N) is 3. The fourth-order valence-electron chi connectivity index (χ4n) is 1.56. The van der Waals surface area contributed by atoms with E-state index in [1.54, 1.807) is 6.07 Å². The number of carbonyl (C=O) groups is 1. The van der Waals surface area contributed by atoms with Crippen molar-refractivity contribution in [3.8, 4) is 5.69 Å². The predicted molar refractivity (Wildman–Crippen MR) is 62.3 cm³/mol. The first-order chi connectivity index (χ1) is 9.43. The normalized spacial score (nSPS) is 11.4. The van der Waals surface area contributed by atoms with E-state index < -0.39 is 23.4 Å². The Labute approximate surface area is 112 Å². The molecule has 2 heterocycles. The summed E-state index contributed by atoms with van der Waals surface area (Å²) < 4.78 is 44.2. The maximum absolute atomic E-state index is 12.9. The van der Waals surface area contributed by atoms with Crippen LogP contribution < -0.4 is 0 Å². The van der Waals surface area contributed by atoms with Crippen molar-refractivity contribution < 1.29 is 22.7 Å². The predicted octanol–water partition coefficient (Wildman–Crippen LogP) is 2.46. The summed E-state index contributed by atoms with van der Waals surface area (Å²) in [7, 11) is 0. The molecule has 0 aliphatic heterocycles. The number of alkyl halides is 3. The molecule has 20 heavy (non-hydrogen) atoms. The van der Waals surface area contributed by atoms with Gasteiger partial charge in [0, 0.05) is 12.4 Å². The van der Waals surface area contributed by atoms with Gasteiger partial charge >= 0.3 is 12.1 Å². The van der Waals surface area contributed by atoms with E-state index in [0.29, 0.717) is 5.69 Å². The van der Waals surface area contributed by atoms with Gasteiger partial charge in [0.25, 0.3) is 0 Å². The number of carbonyl (C=O) groups excluding carboxylic acids is 1. The van der Waals surface area contributed by atoms with Crippen LogP contribution in [-0.2, 0) is 10.9 Å². The van der Waals surface area contributed by atoms with E-state index in [4.69, 9.17) is 0 Å². The summed E-state index contributed by atoms with van der Waals surface area (Å²) >= 11 is 0. The van der Waals surface area contributed by atoms with Gasteiger partial charge in [0.1, 0.15) is 5.56 Å². The molecule has 0 unspecified atom stereocenters. The molecule has 0 fully saturated rings. The number of hydrogen-bond acceptors (Lipinski definition) is 4. The van der Waals surface area contributed by atoms with E-state index >= 15 is 0 Å². The average Bonchev–Trinajstić information content (AvgIpc) is 2.85. The number of esters is 1. The van der Waals surface area contributed by atoms with Gasteiger partial charge in [-0.1, -0.05) is 0 Å². The number of rotatable bonds is 3. The summed E-state index contributed by atoms with van der Waals surface area (Å²) in [4.78, 5) is 15.4. The van der Waals surface area contributed by atoms with Crippen molar-refractivity contribution >= 4 is 5.97 Å². The molecule has 0 bridgehead atoms. The van der Waals surface area contributed by atoms with E-state index in [-0.39, 0.29) is 6.61 Å². The molecule has 0 aliphatic rings. The van der Waals surface area contributed by atoms with Crippen LogP contribution in [0.4, 0.5) is 13.2 Å². The molecule has 106 valence electrons. The zero-order chi connectivity index (χ0) is 14.8. The second-order valence-corrected chi connectivity index (χ2v) is 3.77. The fourth-order valence-corrected chi connectivity index (χ4v) is 1.56. The summed E-state index contributed by atoms with van der Waals surface area (Å²) in [6.07, 6.45) is -0.945. The van der Waals surface area contributed by atoms with Crippen LogP contribution in [-0.4, -0.2) is 27.3 Å². The number of aromatic nitrogens is 3. The lowest BCUT2D eigenvalue weighted by Crippen LogP contribution is -2.14. The van der Waals surface area contributed by atoms with Crippen LogP contribution in [0.2, 0.25) is 0 Å². The average molecular weight is 285 g/mol. The smallest absolute Gasteiger partial charge is 0.436 e. The Balaban J connectivity index is 2.50. The van der Waals surface area contributed by atoms with Gasteiger partial charge in [-0.05, 0) is 19.1 Å². The minimum Gasteiger partial charge on any atom is -0.462 e. The van der Waals surface area contributed by atoms with Crippen LogP contribution in [0.1, 0.15) is 23.0 Å². The summed E-state index contributed by atoms with van der Waals surface area (Å²) in [6.45, 7) is 1.49. The van der Waals surface area contributed by atoms with Gasteiger partial charge in [0.05, 0.1) is 18.5 Å². The van der Waals surface area contributed by atoms with Crippen molar-refractivity contribution in [1.82, 2.24) is 14.8 Å². The molecule has 0 saturated carbocycles. The van der Waals surface area contributed by atoms with Crippen molar-refractivity contribution in [3.63, 3.8) is 0 Å². The second-order valence-electron chi connectivity index (χ2n) is 3.77. The van der Waals surface area contributed by atoms with Gasteiger partial charge in [-0.2, -0.15) is 18.3 Å². The molecule has 0 N–H and O–H groups in total. The van der Waals surface area contributed by atoms with Gasteiger partial charge in [0.2, 0.25) is 0 Å². The minimum absolute atomic E-state index is 0.0196. The molecule has 0 aromatic carbocycles. The zero-order valence-electron chi connectivity index (χ0n) is 10.4. The number of halogens is 3. The van der Waals surface area contributed by atoms with Gasteiger partial charge < -0.3 is 4.74 Å². The van der Waals surface area contributed by atoms with Crippen LogP contribution in [0, 0.1) is 0 Å². The highest BCUT2D eigenvalue weighted by Crippen LogP contribution is 2.31. The minimum atomic E-state index is -4.74. The van der Waals surface area contributed by atoms with Crippen LogP contribution in [0.25, 0.3) is 5.69 Å². The lowest BCUT2D eigenvalue weighted by atomic mass is 10.2. The molecular weight excluding hydrogens is 275 g/mol. The molecule has 0 aliphatic carbocycles. The van der Waals surface area contributed by atoms with Crippen molar-refractivity contribution in [2.75, 3.05) is 6.61 Å². The van der Waals surface area contributed by atoms with Crippen molar-refractivity contribution in [3.05, 3.63) is 42.0 Å². The summed E-state index contributed by atoms with van der Waals surface area (Å²) in [6, 6.07) is 3.07. The summed E-state index contributed by atoms with van der Waals surface area (Å²) in [5.41, 5.74) is -1.59. The highest BCUT2D eigenvalue weighted by Gasteiger charge is 2.39. The van der Waals surface area contributed by atoms with Crippen LogP contribution in [0.3, 0.4) is 0 Å². The maximum Gasteiger partial charge on any atom is 0.436 e. The maximum atomic E-state index is 12.9. The summed E-state index contributed by atoms with van der Waals surface area (Å²) in [5.74, 6) is -1.06. The van der Waals surface area contributed by atoms with E-state index in [9.17, 15) is 18.0 Å². The molecule has 5 nitrogen and oxygen atoms in total. The Morgan fingerprint density at radius 2 is 2.20 bits per heavy atom. The Hall–Kier alpha value is -2.38. The summed E-state index contributed by atoms with van der Waals surface area (Å²) in [5, 5.41) is 3.41. The monoisotopic (exact) mass is 285 g/mol. The van der Waals surface area contributed by atoms with E-state index in [2.05, 4.69) is 14.8 Å². The standard InChI is InChI=1S/C12H10F3N3O2/c1-2-20-11(19)9-7-18(8-4-3-5-16-6-8)17-10(9)12(13,14)15/h3-7H,2H2,1H3. The first kappa shape index (κ1) is 14.0. The van der Waals surface area contributed by atoms with E-state index in [0.717, 1.165) is 10.9 Å². The quantitative estimate of drug-likeness (QED) is 0.813. The Morgan fingerprint density at radius 3 is 2.75 bits per heavy atom. The SMILES string of the molecule is CCOC(=O)c1cn(-c2cccnc2)nc1C(F)(F)F. The van der Waals surface area contributed by atoms with Gasteiger partial charge in [-0.3, -0.25) is 4.98 Å². The van der Waals surface area contributed by atoms with Crippen LogP contribution in [0.5, 0.6) is 0 Å². The Bertz CT molecular complexity index is 608. The number of pyridine rings is 1. The van der Waals surface area contributed by atoms with Gasteiger partial charge in [-0.25, -0.2) is 9.48 Å². The lowest BCUT2D eigenvalue weighted by Gasteiger charge is -2.05. The molecule has 0 radical (unpaired) electrons. The van der Waals surface area contributed by atoms with Crippen molar-refractivity contribution in [1.29, 1.82) is 0 Å². The molecule has 0 amide bonds. The third kappa shape index (κ3) is 2.79. The zero-order valence-corrected chi connectivity index (χ0v) is 10.4. The largest absolute Gasteiger partial charge is 0.462 e. The lowest BCUT2D eigenvalue weighted by molar-refractivity contribution is -0.141.